The molecule has 4 heteroatoms. The highest BCUT2D eigenvalue weighted by Crippen LogP contribution is 2.15. The third kappa shape index (κ3) is 2.30. The minimum absolute atomic E-state index is 0.214. The van der Waals surface area contributed by atoms with E-state index in [9.17, 15) is 9.90 Å². The van der Waals surface area contributed by atoms with Crippen molar-refractivity contribution in [3.05, 3.63) is 34.7 Å². The maximum absolute atomic E-state index is 11.9. The van der Waals surface area contributed by atoms with E-state index < -0.39 is 0 Å². The summed E-state index contributed by atoms with van der Waals surface area (Å²) in [6, 6.07) is 5.10. The zero-order valence-electron chi connectivity index (χ0n) is 10.1. The number of rotatable bonds is 3. The quantitative estimate of drug-likeness (QED) is 0.882. The maximum Gasteiger partial charge on any atom is 0.294 e. The maximum atomic E-state index is 11.9. The Morgan fingerprint density at radius 2 is 2.24 bits per heavy atom. The van der Waals surface area contributed by atoms with E-state index in [0.29, 0.717) is 18.1 Å². The zero-order chi connectivity index (χ0) is 12.4. The lowest BCUT2D eigenvalue weighted by Gasteiger charge is -2.11. The van der Waals surface area contributed by atoms with Crippen LogP contribution in [0.5, 0.6) is 5.75 Å². The normalized spacial score (nSPS) is 11.2. The van der Waals surface area contributed by atoms with E-state index in [-0.39, 0.29) is 11.3 Å². The number of nitrogens with zero attached hydrogens (tertiary/aromatic N) is 2. The zero-order valence-corrected chi connectivity index (χ0v) is 10.1. The molecule has 0 aliphatic heterocycles. The van der Waals surface area contributed by atoms with Gasteiger partial charge in [-0.05, 0) is 30.5 Å². The Balaban J connectivity index is 2.58. The van der Waals surface area contributed by atoms with Crippen molar-refractivity contribution < 1.29 is 5.11 Å². The molecule has 0 spiro atoms. The van der Waals surface area contributed by atoms with Crippen LogP contribution in [-0.2, 0) is 6.54 Å². The van der Waals surface area contributed by atoms with Gasteiger partial charge in [0.15, 0.2) is 5.75 Å². The molecule has 0 bridgehead atoms. The van der Waals surface area contributed by atoms with Crippen LogP contribution >= 0.6 is 0 Å². The van der Waals surface area contributed by atoms with E-state index in [1.54, 1.807) is 16.8 Å². The highest BCUT2D eigenvalue weighted by atomic mass is 16.3. The van der Waals surface area contributed by atoms with Gasteiger partial charge in [0.2, 0.25) is 0 Å². The van der Waals surface area contributed by atoms with Crippen LogP contribution in [0.15, 0.2) is 29.2 Å². The molecule has 17 heavy (non-hydrogen) atoms. The fourth-order valence-electron chi connectivity index (χ4n) is 1.79. The van der Waals surface area contributed by atoms with Crippen molar-refractivity contribution in [2.75, 3.05) is 0 Å². The average molecular weight is 232 g/mol. The number of aromatic hydroxyl groups is 1. The first-order valence-corrected chi connectivity index (χ1v) is 5.77. The van der Waals surface area contributed by atoms with E-state index in [1.165, 1.54) is 6.07 Å². The topological polar surface area (TPSA) is 55.1 Å². The van der Waals surface area contributed by atoms with Crippen molar-refractivity contribution in [3.8, 4) is 5.75 Å². The summed E-state index contributed by atoms with van der Waals surface area (Å²) < 4.78 is 1.55. The number of aryl methyl sites for hydroxylation is 1. The van der Waals surface area contributed by atoms with E-state index in [4.69, 9.17) is 0 Å². The minimum Gasteiger partial charge on any atom is -0.503 e. The van der Waals surface area contributed by atoms with Crippen molar-refractivity contribution in [3.63, 3.8) is 0 Å². The van der Waals surface area contributed by atoms with E-state index in [1.807, 2.05) is 6.07 Å². The Morgan fingerprint density at radius 3 is 2.94 bits per heavy atom. The summed E-state index contributed by atoms with van der Waals surface area (Å²) in [6.45, 7) is 4.78. The lowest BCUT2D eigenvalue weighted by atomic mass is 10.1. The fraction of sp³-hybridized carbons (Fsp3) is 0.385. The molecule has 0 saturated heterocycles. The van der Waals surface area contributed by atoms with Crippen molar-refractivity contribution in [2.45, 2.75) is 26.8 Å². The highest BCUT2D eigenvalue weighted by molar-refractivity contribution is 5.76. The molecule has 2 heterocycles. The minimum atomic E-state index is -0.364. The van der Waals surface area contributed by atoms with E-state index in [2.05, 4.69) is 18.8 Å². The number of pyridine rings is 2. The van der Waals surface area contributed by atoms with Gasteiger partial charge in [0, 0.05) is 18.1 Å². The van der Waals surface area contributed by atoms with Gasteiger partial charge in [0.05, 0.1) is 0 Å². The third-order valence-electron chi connectivity index (χ3n) is 2.76. The first-order valence-electron chi connectivity index (χ1n) is 5.77. The molecule has 0 aromatic carbocycles. The number of fused-ring (bicyclic) bond motifs is 1. The summed E-state index contributed by atoms with van der Waals surface area (Å²) in [7, 11) is 0. The predicted molar refractivity (Wildman–Crippen MR) is 67.1 cm³/mol. The summed E-state index contributed by atoms with van der Waals surface area (Å²) in [5, 5.41) is 10.4. The van der Waals surface area contributed by atoms with E-state index >= 15 is 0 Å². The van der Waals surface area contributed by atoms with Crippen LogP contribution in [0.2, 0.25) is 0 Å². The molecular formula is C13H16N2O2. The second-order valence-corrected chi connectivity index (χ2v) is 4.59. The molecule has 2 aromatic heterocycles. The van der Waals surface area contributed by atoms with Crippen LogP contribution in [0.4, 0.5) is 0 Å². The van der Waals surface area contributed by atoms with Crippen LogP contribution in [0.3, 0.4) is 0 Å². The molecule has 2 aromatic rings. The highest BCUT2D eigenvalue weighted by Gasteiger charge is 2.09. The third-order valence-corrected chi connectivity index (χ3v) is 2.76. The van der Waals surface area contributed by atoms with Crippen LogP contribution in [0.1, 0.15) is 20.3 Å². The van der Waals surface area contributed by atoms with Gasteiger partial charge < -0.3 is 5.11 Å². The first kappa shape index (κ1) is 11.6. The molecule has 0 atom stereocenters. The summed E-state index contributed by atoms with van der Waals surface area (Å²) in [4.78, 5) is 16.1. The molecule has 0 aliphatic carbocycles. The number of aromatic nitrogens is 2. The molecule has 0 unspecified atom stereocenters. The SMILES string of the molecule is CC(C)CCn1c(=O)c(O)cc2cccnc21. The lowest BCUT2D eigenvalue weighted by Crippen LogP contribution is -2.21. The monoisotopic (exact) mass is 232 g/mol. The Morgan fingerprint density at radius 1 is 1.47 bits per heavy atom. The first-order chi connectivity index (χ1) is 8.09. The van der Waals surface area contributed by atoms with Gasteiger partial charge in [0.25, 0.3) is 5.56 Å². The molecule has 2 rings (SSSR count). The van der Waals surface area contributed by atoms with Gasteiger partial charge in [0.1, 0.15) is 5.65 Å². The van der Waals surface area contributed by atoms with Crippen LogP contribution in [0.25, 0.3) is 11.0 Å². The Bertz CT molecular complexity index is 587. The largest absolute Gasteiger partial charge is 0.503 e. The molecule has 1 N–H and O–H groups in total. The van der Waals surface area contributed by atoms with Gasteiger partial charge in [-0.3, -0.25) is 9.36 Å². The summed E-state index contributed by atoms with van der Waals surface area (Å²) in [6.07, 6.45) is 2.54. The molecule has 0 amide bonds. The average Bonchev–Trinajstić information content (AvgIpc) is 2.29. The summed E-state index contributed by atoms with van der Waals surface area (Å²) >= 11 is 0. The molecule has 0 fully saturated rings. The van der Waals surface area contributed by atoms with Crippen molar-refractivity contribution in [1.82, 2.24) is 9.55 Å². The smallest absolute Gasteiger partial charge is 0.294 e. The summed E-state index contributed by atoms with van der Waals surface area (Å²) in [5.74, 6) is 0.289. The molecule has 0 radical (unpaired) electrons. The fourth-order valence-corrected chi connectivity index (χ4v) is 1.79. The predicted octanol–water partition coefficient (Wildman–Crippen LogP) is 2.15. The Hall–Kier alpha value is -1.84. The van der Waals surface area contributed by atoms with Crippen molar-refractivity contribution in [1.29, 1.82) is 0 Å². The number of hydrogen-bond donors (Lipinski definition) is 1. The van der Waals surface area contributed by atoms with Gasteiger partial charge in [-0.15, -0.1) is 0 Å². The van der Waals surface area contributed by atoms with Crippen LogP contribution < -0.4 is 5.56 Å². The van der Waals surface area contributed by atoms with Crippen LogP contribution in [0, 0.1) is 5.92 Å². The second kappa shape index (κ2) is 4.57. The standard InChI is InChI=1S/C13H16N2O2/c1-9(2)5-7-15-12-10(4-3-6-14-12)8-11(16)13(15)17/h3-4,6,8-9,16H,5,7H2,1-2H3. The second-order valence-electron chi connectivity index (χ2n) is 4.59. The van der Waals surface area contributed by atoms with Crippen molar-refractivity contribution >= 4 is 11.0 Å². The Kier molecular flexibility index (Phi) is 3.13. The number of hydrogen-bond acceptors (Lipinski definition) is 3. The molecule has 0 saturated carbocycles. The van der Waals surface area contributed by atoms with Gasteiger partial charge in [-0.25, -0.2) is 4.98 Å². The molecule has 0 aliphatic rings. The molecule has 4 nitrogen and oxygen atoms in total. The van der Waals surface area contributed by atoms with Gasteiger partial charge >= 0.3 is 0 Å². The Labute approximate surface area is 99.5 Å². The van der Waals surface area contributed by atoms with Gasteiger partial charge in [-0.1, -0.05) is 13.8 Å². The lowest BCUT2D eigenvalue weighted by molar-refractivity contribution is 0.450. The molecular weight excluding hydrogens is 216 g/mol. The van der Waals surface area contributed by atoms with Crippen LogP contribution in [-0.4, -0.2) is 14.7 Å². The van der Waals surface area contributed by atoms with E-state index in [0.717, 1.165) is 11.8 Å². The van der Waals surface area contributed by atoms with Crippen molar-refractivity contribution in [2.24, 2.45) is 5.92 Å². The summed E-state index contributed by atoms with van der Waals surface area (Å²) in [5.41, 5.74) is 0.271. The molecule has 90 valence electrons. The van der Waals surface area contributed by atoms with Gasteiger partial charge in [-0.2, -0.15) is 0 Å².